The predicted octanol–water partition coefficient (Wildman–Crippen LogP) is -0.767. The zero-order chi connectivity index (χ0) is 0. The van der Waals surface area contributed by atoms with E-state index in [0.717, 1.165) is 0 Å². The van der Waals surface area contributed by atoms with E-state index in [4.69, 9.17) is 0 Å². The first kappa shape index (κ1) is 26.5. The first-order chi connectivity index (χ1) is 0. The van der Waals surface area contributed by atoms with Crippen molar-refractivity contribution in [3.63, 3.8) is 0 Å². The van der Waals surface area contributed by atoms with Gasteiger partial charge in [-0.05, 0) is 0 Å². The average Bonchev–Trinajstić information content (AvgIpc) is 0. The second kappa shape index (κ2) is 16.2. The van der Waals surface area contributed by atoms with Crippen LogP contribution in [0.5, 0.6) is 0 Å². The van der Waals surface area contributed by atoms with Gasteiger partial charge in [0.05, 0.1) is 0 Å². The molecule has 0 N–H and O–H groups in total. The van der Waals surface area contributed by atoms with Crippen molar-refractivity contribution >= 4 is 45.3 Å². The van der Waals surface area contributed by atoms with Crippen LogP contribution in [-0.2, 0) is 55.0 Å². The molecule has 6 valence electrons. The standard InChI is InChI=1S/As.Cd.Hg.Pb/q+3;2*+2;. The topological polar surface area (TPSA) is 0 Å². The largest absolute Gasteiger partial charge is 3.00 e. The Labute approximate surface area is 98.0 Å². The maximum Gasteiger partial charge on any atom is 3.00 e. The van der Waals surface area contributed by atoms with Crippen LogP contribution in [0.4, 0.5) is 0 Å². The van der Waals surface area contributed by atoms with Crippen LogP contribution < -0.4 is 0 Å². The fourth-order valence-electron chi connectivity index (χ4n) is 0. The first-order valence-electron chi connectivity index (χ1n) is 0. The van der Waals surface area contributed by atoms with E-state index < -0.39 is 0 Å². The first-order valence-corrected chi connectivity index (χ1v) is 0. The molecule has 0 bridgehead atoms. The van der Waals surface area contributed by atoms with Crippen LogP contribution in [0.1, 0.15) is 0 Å². The zero-order valence-electron chi connectivity index (χ0n) is 2.36. The van der Waals surface area contributed by atoms with Crippen molar-refractivity contribution in [2.45, 2.75) is 0 Å². The Kier molecular flexibility index (Phi) is 107. The zero-order valence-corrected chi connectivity index (χ0v) is 17.7. The van der Waals surface area contributed by atoms with Gasteiger partial charge in [0.2, 0.25) is 0 Å². The smallest absolute Gasteiger partial charge is 0 e. The van der Waals surface area contributed by atoms with Gasteiger partial charge in [0.25, 0.3) is 0 Å². The van der Waals surface area contributed by atoms with Crippen LogP contribution in [0, 0.1) is 0 Å². The summed E-state index contributed by atoms with van der Waals surface area (Å²) in [6.07, 6.45) is 0. The van der Waals surface area contributed by atoms with Crippen LogP contribution in [0.25, 0.3) is 0 Å². The normalized spacial score (nSPS) is 0. The van der Waals surface area contributed by atoms with Crippen LogP contribution in [0.3, 0.4) is 0 Å². The van der Waals surface area contributed by atoms with Gasteiger partial charge in [-0.1, -0.05) is 0 Å². The van der Waals surface area contributed by atoms with Crippen LogP contribution in [-0.4, -0.2) is 45.3 Å². The minimum Gasteiger partial charge on any atom is 0 e. The number of hydrogen-bond donors (Lipinski definition) is 0. The SMILES string of the molecule is [As+3].[Cd+2].[Hg+2].[Pb]. The molecule has 4 heavy (non-hydrogen) atoms. The Morgan fingerprint density at radius 3 is 1.00 bits per heavy atom. The van der Waals surface area contributed by atoms with Gasteiger partial charge in [0, 0.05) is 27.3 Å². The Hall–Kier alpha value is 3.34. The van der Waals surface area contributed by atoms with Gasteiger partial charge < -0.3 is 0 Å². The van der Waals surface area contributed by atoms with Crippen molar-refractivity contribution in [1.29, 1.82) is 0 Å². The molecule has 0 fully saturated rings. The van der Waals surface area contributed by atoms with Crippen molar-refractivity contribution in [2.75, 3.05) is 0 Å². The van der Waals surface area contributed by atoms with E-state index in [1.54, 1.807) is 0 Å². The van der Waals surface area contributed by atoms with Crippen molar-refractivity contribution in [3.8, 4) is 0 Å². The molecule has 0 aromatic carbocycles. The quantitative estimate of drug-likeness (QED) is 0.324. The van der Waals surface area contributed by atoms with Gasteiger partial charge in [-0.3, -0.25) is 0 Å². The molecular weight excluding hydrogens is 595 g/mol. The molecule has 0 spiro atoms. The second-order valence-corrected chi connectivity index (χ2v) is 0. The van der Waals surface area contributed by atoms with Crippen molar-refractivity contribution in [3.05, 3.63) is 0 Å². The molecule has 0 aliphatic heterocycles. The molecule has 0 aromatic rings. The van der Waals surface area contributed by atoms with Crippen LogP contribution in [0.2, 0.25) is 0 Å². The Bertz CT molecular complexity index is 8.00. The van der Waals surface area contributed by atoms with E-state index in [1.807, 2.05) is 0 Å². The summed E-state index contributed by atoms with van der Waals surface area (Å²) in [4.78, 5) is 0. The minimum atomic E-state index is 0. The van der Waals surface area contributed by atoms with Crippen LogP contribution >= 0.6 is 0 Å². The second-order valence-electron chi connectivity index (χ2n) is 0. The van der Waals surface area contributed by atoms with E-state index in [9.17, 15) is 0 Å². The summed E-state index contributed by atoms with van der Waals surface area (Å²) in [5.74, 6) is 0. The third kappa shape index (κ3) is 9.02. The molecule has 0 saturated heterocycles. The third-order valence-electron chi connectivity index (χ3n) is 0. The Balaban J connectivity index is 0. The molecule has 6 radical (unpaired) electrons. The predicted molar refractivity (Wildman–Crippen MR) is 11.5 cm³/mol. The molecule has 0 rings (SSSR count). The van der Waals surface area contributed by atoms with E-state index >= 15 is 0 Å². The third-order valence-corrected chi connectivity index (χ3v) is 0. The minimum absolute atomic E-state index is 0. The van der Waals surface area contributed by atoms with E-state index in [0.29, 0.717) is 0 Å². The van der Waals surface area contributed by atoms with E-state index in [-0.39, 0.29) is 100 Å². The maximum absolute atomic E-state index is 0. The van der Waals surface area contributed by atoms with E-state index in [2.05, 4.69) is 0 Å². The molecule has 0 saturated carbocycles. The van der Waals surface area contributed by atoms with Gasteiger partial charge in [0.1, 0.15) is 0 Å². The molecule has 0 aromatic heterocycles. The number of hydrogen-bond acceptors (Lipinski definition) is 0. The Morgan fingerprint density at radius 1 is 1.00 bits per heavy atom. The molecule has 0 atom stereocenters. The Morgan fingerprint density at radius 2 is 1.00 bits per heavy atom. The monoisotopic (exact) mass is 599 g/mol. The van der Waals surface area contributed by atoms with Gasteiger partial charge in [0.15, 0.2) is 0 Å². The maximum atomic E-state index is 0. The van der Waals surface area contributed by atoms with Crippen molar-refractivity contribution in [1.82, 2.24) is 0 Å². The molecule has 0 nitrogen and oxygen atoms in total. The van der Waals surface area contributed by atoms with Gasteiger partial charge in [-0.25, -0.2) is 0 Å². The summed E-state index contributed by atoms with van der Waals surface area (Å²) < 4.78 is 0. The number of rotatable bonds is 0. The molecule has 0 aliphatic rings. The van der Waals surface area contributed by atoms with E-state index in [1.165, 1.54) is 0 Å². The summed E-state index contributed by atoms with van der Waals surface area (Å²) in [5, 5.41) is 0. The average molecular weight is 595 g/mol. The molecule has 4 heteroatoms. The summed E-state index contributed by atoms with van der Waals surface area (Å²) in [5.41, 5.74) is 0. The fourth-order valence-corrected chi connectivity index (χ4v) is 0. The molecule has 0 heterocycles. The fraction of sp³-hybridized carbons (Fsp3) is 0. The summed E-state index contributed by atoms with van der Waals surface area (Å²) >= 11 is 0. The molecule has 0 amide bonds. The molecular formula is AsCdHgPb+7. The van der Waals surface area contributed by atoms with Crippen molar-refractivity contribution in [2.24, 2.45) is 0 Å². The molecule has 0 unspecified atom stereocenters. The van der Waals surface area contributed by atoms with Crippen LogP contribution in [0.15, 0.2) is 0 Å². The van der Waals surface area contributed by atoms with Gasteiger partial charge in [-0.2, -0.15) is 0 Å². The van der Waals surface area contributed by atoms with Gasteiger partial charge >= 0.3 is 72.9 Å². The van der Waals surface area contributed by atoms with Crippen molar-refractivity contribution < 1.29 is 55.0 Å². The summed E-state index contributed by atoms with van der Waals surface area (Å²) in [7, 11) is 0. The molecule has 0 aliphatic carbocycles. The summed E-state index contributed by atoms with van der Waals surface area (Å²) in [6.45, 7) is 0. The van der Waals surface area contributed by atoms with Gasteiger partial charge in [-0.15, -0.1) is 0 Å². The summed E-state index contributed by atoms with van der Waals surface area (Å²) in [6, 6.07) is 0.